The summed E-state index contributed by atoms with van der Waals surface area (Å²) in [6.07, 6.45) is 0. The van der Waals surface area contributed by atoms with Gasteiger partial charge in [-0.15, -0.1) is 0 Å². The molecular formula is C11H13BrO3. The predicted octanol–water partition coefficient (Wildman–Crippen LogP) is 2.48. The molecule has 0 aliphatic heterocycles. The third-order valence-electron chi connectivity index (χ3n) is 2.20. The smallest absolute Gasteiger partial charge is 0.326 e. The minimum absolute atomic E-state index is 0.326. The maximum Gasteiger partial charge on any atom is 0.326 e. The van der Waals surface area contributed by atoms with E-state index in [0.717, 1.165) is 11.3 Å². The fourth-order valence-electron chi connectivity index (χ4n) is 1.21. The molecule has 0 saturated carbocycles. The molecule has 0 bridgehead atoms. The fourth-order valence-corrected chi connectivity index (χ4v) is 1.64. The Morgan fingerprint density at radius 1 is 1.27 bits per heavy atom. The second-order valence-electron chi connectivity index (χ2n) is 3.22. The van der Waals surface area contributed by atoms with E-state index in [-0.39, 0.29) is 5.97 Å². The van der Waals surface area contributed by atoms with E-state index in [0.29, 0.717) is 0 Å². The van der Waals surface area contributed by atoms with Crippen molar-refractivity contribution in [1.29, 1.82) is 0 Å². The number of rotatable bonds is 3. The van der Waals surface area contributed by atoms with E-state index in [2.05, 4.69) is 15.9 Å². The molecule has 1 aromatic rings. The Morgan fingerprint density at radius 2 is 1.80 bits per heavy atom. The zero-order valence-electron chi connectivity index (χ0n) is 8.91. The summed E-state index contributed by atoms with van der Waals surface area (Å²) in [6, 6.07) is 7.25. The average Bonchev–Trinajstić information content (AvgIpc) is 2.28. The summed E-state index contributed by atoms with van der Waals surface area (Å²) in [6.45, 7) is 1.75. The maximum atomic E-state index is 11.5. The first-order valence-corrected chi connectivity index (χ1v) is 5.23. The number of hydrogen-bond acceptors (Lipinski definition) is 3. The number of alkyl halides is 1. The Hall–Kier alpha value is -1.03. The van der Waals surface area contributed by atoms with Gasteiger partial charge in [-0.05, 0) is 24.6 Å². The summed E-state index contributed by atoms with van der Waals surface area (Å²) in [5.74, 6) is 0.430. The van der Waals surface area contributed by atoms with Crippen molar-refractivity contribution >= 4 is 21.9 Å². The summed E-state index contributed by atoms with van der Waals surface area (Å²) < 4.78 is 8.93. The Kier molecular flexibility index (Phi) is 3.74. The normalized spacial score (nSPS) is 14.1. The van der Waals surface area contributed by atoms with E-state index in [1.807, 2.05) is 12.1 Å². The fraction of sp³-hybridized carbons (Fsp3) is 0.364. The summed E-state index contributed by atoms with van der Waals surface area (Å²) in [5, 5.41) is 0. The molecule has 0 spiro atoms. The number of carbonyl (C=O) groups excluding carboxylic acids is 1. The van der Waals surface area contributed by atoms with Crippen LogP contribution in [0, 0.1) is 0 Å². The molecule has 0 radical (unpaired) electrons. The molecule has 0 amide bonds. The lowest BCUT2D eigenvalue weighted by molar-refractivity contribution is -0.143. The van der Waals surface area contributed by atoms with Crippen molar-refractivity contribution in [3.8, 4) is 5.75 Å². The van der Waals surface area contributed by atoms with Crippen molar-refractivity contribution in [2.75, 3.05) is 14.2 Å². The SMILES string of the molecule is COC(=O)C(C)(Br)c1ccc(OC)cc1. The van der Waals surface area contributed by atoms with E-state index in [9.17, 15) is 4.79 Å². The minimum Gasteiger partial charge on any atom is -0.497 e. The minimum atomic E-state index is -0.811. The zero-order chi connectivity index (χ0) is 11.5. The van der Waals surface area contributed by atoms with Crippen molar-refractivity contribution in [2.45, 2.75) is 11.2 Å². The molecule has 0 heterocycles. The Bertz CT molecular complexity index is 343. The molecule has 0 aliphatic carbocycles. The molecule has 4 heteroatoms. The van der Waals surface area contributed by atoms with Crippen molar-refractivity contribution in [3.05, 3.63) is 29.8 Å². The van der Waals surface area contributed by atoms with E-state index < -0.39 is 4.32 Å². The van der Waals surface area contributed by atoms with Gasteiger partial charge in [0.2, 0.25) is 0 Å². The van der Waals surface area contributed by atoms with Crippen LogP contribution in [-0.2, 0) is 13.9 Å². The first-order chi connectivity index (χ1) is 7.02. The highest BCUT2D eigenvalue weighted by molar-refractivity contribution is 9.10. The summed E-state index contributed by atoms with van der Waals surface area (Å²) >= 11 is 3.35. The Balaban J connectivity index is 3.00. The molecule has 1 unspecified atom stereocenters. The van der Waals surface area contributed by atoms with Crippen LogP contribution in [0.25, 0.3) is 0 Å². The molecule has 0 aromatic heterocycles. The lowest BCUT2D eigenvalue weighted by Crippen LogP contribution is -2.26. The molecule has 3 nitrogen and oxygen atoms in total. The van der Waals surface area contributed by atoms with Gasteiger partial charge >= 0.3 is 5.97 Å². The number of ether oxygens (including phenoxy) is 2. The molecular weight excluding hydrogens is 260 g/mol. The largest absolute Gasteiger partial charge is 0.497 e. The number of hydrogen-bond donors (Lipinski definition) is 0. The highest BCUT2D eigenvalue weighted by atomic mass is 79.9. The molecule has 1 atom stereocenters. The molecule has 15 heavy (non-hydrogen) atoms. The summed E-state index contributed by atoms with van der Waals surface area (Å²) in [7, 11) is 2.97. The second-order valence-corrected chi connectivity index (χ2v) is 4.81. The van der Waals surface area contributed by atoms with E-state index in [1.165, 1.54) is 7.11 Å². The number of benzene rings is 1. The van der Waals surface area contributed by atoms with Gasteiger partial charge < -0.3 is 9.47 Å². The lowest BCUT2D eigenvalue weighted by atomic mass is 10.0. The Morgan fingerprint density at radius 3 is 2.20 bits per heavy atom. The zero-order valence-corrected chi connectivity index (χ0v) is 10.5. The van der Waals surface area contributed by atoms with E-state index >= 15 is 0 Å². The topological polar surface area (TPSA) is 35.5 Å². The first-order valence-electron chi connectivity index (χ1n) is 4.44. The van der Waals surface area contributed by atoms with E-state index in [1.54, 1.807) is 26.2 Å². The first kappa shape index (κ1) is 12.0. The van der Waals surface area contributed by atoms with Gasteiger partial charge in [-0.1, -0.05) is 28.1 Å². The number of esters is 1. The second kappa shape index (κ2) is 4.66. The average molecular weight is 273 g/mol. The molecule has 1 aromatic carbocycles. The van der Waals surface area contributed by atoms with Crippen LogP contribution in [0.5, 0.6) is 5.75 Å². The van der Waals surface area contributed by atoms with Gasteiger partial charge in [-0.3, -0.25) is 4.79 Å². The quantitative estimate of drug-likeness (QED) is 0.627. The summed E-state index contributed by atoms with van der Waals surface area (Å²) in [5.41, 5.74) is 0.829. The van der Waals surface area contributed by atoms with Crippen LogP contribution in [0.15, 0.2) is 24.3 Å². The number of carbonyl (C=O) groups is 1. The van der Waals surface area contributed by atoms with Gasteiger partial charge in [0, 0.05) is 0 Å². The van der Waals surface area contributed by atoms with Crippen LogP contribution in [0.4, 0.5) is 0 Å². The van der Waals surface area contributed by atoms with E-state index in [4.69, 9.17) is 9.47 Å². The van der Waals surface area contributed by atoms with Gasteiger partial charge in [-0.25, -0.2) is 0 Å². The molecule has 1 rings (SSSR count). The highest BCUT2D eigenvalue weighted by Gasteiger charge is 2.33. The van der Waals surface area contributed by atoms with Gasteiger partial charge in [0.05, 0.1) is 14.2 Å². The Labute approximate surface area is 97.5 Å². The van der Waals surface area contributed by atoms with Crippen molar-refractivity contribution in [1.82, 2.24) is 0 Å². The maximum absolute atomic E-state index is 11.5. The predicted molar refractivity (Wildman–Crippen MR) is 61.3 cm³/mol. The van der Waals surface area contributed by atoms with Gasteiger partial charge in [0.25, 0.3) is 0 Å². The number of methoxy groups -OCH3 is 2. The third kappa shape index (κ3) is 2.50. The monoisotopic (exact) mass is 272 g/mol. The van der Waals surface area contributed by atoms with Gasteiger partial charge in [-0.2, -0.15) is 0 Å². The number of halogens is 1. The van der Waals surface area contributed by atoms with Crippen LogP contribution in [0.2, 0.25) is 0 Å². The summed E-state index contributed by atoms with van der Waals surface area (Å²) in [4.78, 5) is 11.5. The molecule has 0 fully saturated rings. The van der Waals surface area contributed by atoms with Crippen LogP contribution in [-0.4, -0.2) is 20.2 Å². The molecule has 0 N–H and O–H groups in total. The van der Waals surface area contributed by atoms with Crippen molar-refractivity contribution < 1.29 is 14.3 Å². The molecule has 0 saturated heterocycles. The lowest BCUT2D eigenvalue weighted by Gasteiger charge is -2.19. The third-order valence-corrected chi connectivity index (χ3v) is 2.98. The highest BCUT2D eigenvalue weighted by Crippen LogP contribution is 2.32. The van der Waals surface area contributed by atoms with Crippen LogP contribution in [0.1, 0.15) is 12.5 Å². The standard InChI is InChI=1S/C11H13BrO3/c1-11(12,10(13)15-3)8-4-6-9(14-2)7-5-8/h4-7H,1-3H3. The van der Waals surface area contributed by atoms with Gasteiger partial charge in [0.1, 0.15) is 10.1 Å². The van der Waals surface area contributed by atoms with Crippen molar-refractivity contribution in [3.63, 3.8) is 0 Å². The van der Waals surface area contributed by atoms with Gasteiger partial charge in [0.15, 0.2) is 0 Å². The molecule has 82 valence electrons. The molecule has 0 aliphatic rings. The van der Waals surface area contributed by atoms with Crippen LogP contribution < -0.4 is 4.74 Å². The van der Waals surface area contributed by atoms with Crippen molar-refractivity contribution in [2.24, 2.45) is 0 Å². The van der Waals surface area contributed by atoms with Crippen LogP contribution >= 0.6 is 15.9 Å². The van der Waals surface area contributed by atoms with Crippen LogP contribution in [0.3, 0.4) is 0 Å².